The molecular weight excluding hydrogens is 266 g/mol. The highest BCUT2D eigenvalue weighted by Gasteiger charge is 2.23. The molecule has 0 aromatic carbocycles. The lowest BCUT2D eigenvalue weighted by Crippen LogP contribution is -2.40. The van der Waals surface area contributed by atoms with Crippen LogP contribution in [0, 0.1) is 0 Å². The van der Waals surface area contributed by atoms with E-state index in [0.717, 1.165) is 6.07 Å². The van der Waals surface area contributed by atoms with E-state index < -0.39 is 17.6 Å². The van der Waals surface area contributed by atoms with Gasteiger partial charge in [-0.3, -0.25) is 9.59 Å². The molecule has 0 bridgehead atoms. The summed E-state index contributed by atoms with van der Waals surface area (Å²) in [7, 11) is 3.19. The van der Waals surface area contributed by atoms with Crippen molar-refractivity contribution in [1.82, 2.24) is 15.0 Å². The van der Waals surface area contributed by atoms with E-state index in [1.165, 1.54) is 9.80 Å². The number of likely N-dealkylation sites (N-methyl/N-ethyl adjacent to an activating group) is 1. The smallest absolute Gasteiger partial charge is 0.374 e. The lowest BCUT2D eigenvalue weighted by atomic mass is 10.3. The minimum Gasteiger partial charge on any atom is -0.475 e. The summed E-state index contributed by atoms with van der Waals surface area (Å²) in [5, 5.41) is 12.1. The van der Waals surface area contributed by atoms with Gasteiger partial charge in [-0.05, 0) is 6.42 Å². The summed E-state index contributed by atoms with van der Waals surface area (Å²) >= 11 is 0. The molecule has 0 fully saturated rings. The van der Waals surface area contributed by atoms with Gasteiger partial charge in [0.25, 0.3) is 5.91 Å². The summed E-state index contributed by atoms with van der Waals surface area (Å²) in [5.41, 5.74) is -0.123. The van der Waals surface area contributed by atoms with E-state index in [9.17, 15) is 14.4 Å². The maximum Gasteiger partial charge on any atom is 0.374 e. The first-order chi connectivity index (χ1) is 9.36. The predicted octanol–water partition coefficient (Wildman–Crippen LogP) is 0.313. The average Bonchev–Trinajstić information content (AvgIpc) is 2.86. The van der Waals surface area contributed by atoms with E-state index in [1.54, 1.807) is 14.1 Å². The molecule has 0 unspecified atom stereocenters. The molecule has 0 radical (unpaired) electrons. The zero-order chi connectivity index (χ0) is 15.3. The molecule has 1 aromatic rings. The van der Waals surface area contributed by atoms with Crippen molar-refractivity contribution >= 4 is 17.8 Å². The summed E-state index contributed by atoms with van der Waals surface area (Å²) in [6, 6.07) is 1.05. The van der Waals surface area contributed by atoms with Crippen LogP contribution in [0.5, 0.6) is 0 Å². The molecule has 0 aliphatic rings. The highest BCUT2D eigenvalue weighted by atomic mass is 16.5. The Bertz CT molecular complexity index is 509. The van der Waals surface area contributed by atoms with Gasteiger partial charge in [-0.25, -0.2) is 4.79 Å². The van der Waals surface area contributed by atoms with E-state index in [0.29, 0.717) is 13.0 Å². The first-order valence-electron chi connectivity index (χ1n) is 6.06. The number of rotatable bonds is 6. The number of carboxylic acids is 1. The number of hydrogen-bond acceptors (Lipinski definition) is 5. The Kier molecular flexibility index (Phi) is 5.24. The predicted molar refractivity (Wildman–Crippen MR) is 68.4 cm³/mol. The molecule has 1 rings (SSSR count). The standard InChI is InChI=1S/C12H17N3O5/c1-4-5-15(7-10(16)14(2)3)11(17)8-6-9(12(18)19)20-13-8/h6H,4-5,7H2,1-3H3,(H,18,19). The minimum atomic E-state index is -1.30. The van der Waals surface area contributed by atoms with E-state index in [-0.39, 0.29) is 18.1 Å². The lowest BCUT2D eigenvalue weighted by molar-refractivity contribution is -0.129. The molecule has 1 heterocycles. The minimum absolute atomic E-state index is 0.0884. The number of carbonyl (C=O) groups is 3. The lowest BCUT2D eigenvalue weighted by Gasteiger charge is -2.22. The number of carboxylic acid groups (broad SMARTS) is 1. The highest BCUT2D eigenvalue weighted by molar-refractivity contribution is 5.96. The van der Waals surface area contributed by atoms with Gasteiger partial charge in [-0.1, -0.05) is 12.1 Å². The number of nitrogens with zero attached hydrogens (tertiary/aromatic N) is 3. The Morgan fingerprint density at radius 3 is 2.45 bits per heavy atom. The molecular formula is C12H17N3O5. The van der Waals surface area contributed by atoms with E-state index >= 15 is 0 Å². The van der Waals surface area contributed by atoms with Gasteiger partial charge < -0.3 is 19.4 Å². The van der Waals surface area contributed by atoms with Crippen LogP contribution in [-0.4, -0.2) is 65.0 Å². The largest absolute Gasteiger partial charge is 0.475 e. The van der Waals surface area contributed by atoms with E-state index in [4.69, 9.17) is 5.11 Å². The SMILES string of the molecule is CCCN(CC(=O)N(C)C)C(=O)c1cc(C(=O)O)on1. The Morgan fingerprint density at radius 2 is 2.00 bits per heavy atom. The number of aromatic carboxylic acids is 1. The highest BCUT2D eigenvalue weighted by Crippen LogP contribution is 2.08. The van der Waals surface area contributed by atoms with Crippen molar-refractivity contribution < 1.29 is 24.0 Å². The van der Waals surface area contributed by atoms with Crippen LogP contribution in [0.3, 0.4) is 0 Å². The van der Waals surface area contributed by atoms with Crippen LogP contribution < -0.4 is 0 Å². The fourth-order valence-corrected chi connectivity index (χ4v) is 1.47. The van der Waals surface area contributed by atoms with Crippen molar-refractivity contribution in [3.8, 4) is 0 Å². The molecule has 0 spiro atoms. The molecule has 8 nitrogen and oxygen atoms in total. The first kappa shape index (κ1) is 15.7. The average molecular weight is 283 g/mol. The number of aromatic nitrogens is 1. The van der Waals surface area contributed by atoms with Crippen molar-refractivity contribution in [1.29, 1.82) is 0 Å². The van der Waals surface area contributed by atoms with Crippen LogP contribution in [0.4, 0.5) is 0 Å². The normalized spacial score (nSPS) is 10.2. The molecule has 110 valence electrons. The summed E-state index contributed by atoms with van der Waals surface area (Å²) in [4.78, 5) is 37.2. The molecule has 1 N–H and O–H groups in total. The Labute approximate surface area is 115 Å². The maximum atomic E-state index is 12.2. The monoisotopic (exact) mass is 283 g/mol. The summed E-state index contributed by atoms with van der Waals surface area (Å²) < 4.78 is 4.54. The molecule has 0 atom stereocenters. The van der Waals surface area contributed by atoms with E-state index in [2.05, 4.69) is 9.68 Å². The third kappa shape index (κ3) is 3.81. The van der Waals surface area contributed by atoms with Gasteiger partial charge in [-0.2, -0.15) is 0 Å². The van der Waals surface area contributed by atoms with Gasteiger partial charge in [0.15, 0.2) is 5.69 Å². The van der Waals surface area contributed by atoms with Crippen LogP contribution >= 0.6 is 0 Å². The van der Waals surface area contributed by atoms with Crippen molar-refractivity contribution in [2.45, 2.75) is 13.3 Å². The second-order valence-electron chi connectivity index (χ2n) is 4.40. The van der Waals surface area contributed by atoms with Crippen LogP contribution in [0.2, 0.25) is 0 Å². The molecule has 20 heavy (non-hydrogen) atoms. The van der Waals surface area contributed by atoms with Crippen LogP contribution in [-0.2, 0) is 4.79 Å². The zero-order valence-electron chi connectivity index (χ0n) is 11.6. The van der Waals surface area contributed by atoms with Crippen LogP contribution in [0.1, 0.15) is 34.4 Å². The molecule has 0 aliphatic heterocycles. The van der Waals surface area contributed by atoms with Crippen molar-refractivity contribution in [3.05, 3.63) is 17.5 Å². The molecule has 2 amide bonds. The first-order valence-corrected chi connectivity index (χ1v) is 6.06. The van der Waals surface area contributed by atoms with Gasteiger partial charge in [-0.15, -0.1) is 0 Å². The number of hydrogen-bond donors (Lipinski definition) is 1. The molecule has 0 aliphatic carbocycles. The fraction of sp³-hybridized carbons (Fsp3) is 0.500. The van der Waals surface area contributed by atoms with Crippen LogP contribution in [0.15, 0.2) is 10.6 Å². The van der Waals surface area contributed by atoms with Gasteiger partial charge >= 0.3 is 5.97 Å². The quantitative estimate of drug-likeness (QED) is 0.806. The Balaban J connectivity index is 2.87. The van der Waals surface area contributed by atoms with Gasteiger partial charge in [0.1, 0.15) is 6.54 Å². The molecule has 1 aromatic heterocycles. The maximum absolute atomic E-state index is 12.2. The van der Waals surface area contributed by atoms with E-state index in [1.807, 2.05) is 6.92 Å². The van der Waals surface area contributed by atoms with Gasteiger partial charge in [0.05, 0.1) is 0 Å². The third-order valence-electron chi connectivity index (χ3n) is 2.55. The van der Waals surface area contributed by atoms with Gasteiger partial charge in [0.2, 0.25) is 11.7 Å². The van der Waals surface area contributed by atoms with Crippen LogP contribution in [0.25, 0.3) is 0 Å². The summed E-state index contributed by atoms with van der Waals surface area (Å²) in [6.07, 6.45) is 0.663. The molecule has 0 saturated carbocycles. The topological polar surface area (TPSA) is 104 Å². The van der Waals surface area contributed by atoms with Crippen molar-refractivity contribution in [2.75, 3.05) is 27.2 Å². The summed E-state index contributed by atoms with van der Waals surface area (Å²) in [5.74, 6) is -2.47. The third-order valence-corrected chi connectivity index (χ3v) is 2.55. The zero-order valence-corrected chi connectivity index (χ0v) is 11.6. The molecule has 0 saturated heterocycles. The number of carbonyl (C=O) groups excluding carboxylic acids is 2. The number of amides is 2. The van der Waals surface area contributed by atoms with Gasteiger partial charge in [0, 0.05) is 26.7 Å². The fourth-order valence-electron chi connectivity index (χ4n) is 1.47. The van der Waals surface area contributed by atoms with Crippen molar-refractivity contribution in [2.24, 2.45) is 0 Å². The molecule has 8 heteroatoms. The summed E-state index contributed by atoms with van der Waals surface area (Å²) in [6.45, 7) is 2.15. The second-order valence-corrected chi connectivity index (χ2v) is 4.40. The Morgan fingerprint density at radius 1 is 1.35 bits per heavy atom. The second kappa shape index (κ2) is 6.69. The van der Waals surface area contributed by atoms with Crippen molar-refractivity contribution in [3.63, 3.8) is 0 Å². The Hall–Kier alpha value is -2.38.